The monoisotopic (exact) mass is 209 g/mol. The molecule has 0 atom stereocenters. The van der Waals surface area contributed by atoms with Crippen LogP contribution in [0.1, 0.15) is 20.3 Å². The third-order valence-electron chi connectivity index (χ3n) is 2.03. The summed E-state index contributed by atoms with van der Waals surface area (Å²) < 4.78 is 0. The minimum atomic E-state index is -0.426. The zero-order chi connectivity index (χ0) is 11.3. The average molecular weight is 209 g/mol. The number of aromatic nitrogens is 1. The van der Waals surface area contributed by atoms with Crippen molar-refractivity contribution in [2.75, 3.05) is 11.9 Å². The molecule has 1 aromatic rings. The van der Waals surface area contributed by atoms with E-state index < -0.39 is 4.92 Å². The van der Waals surface area contributed by atoms with E-state index in [4.69, 9.17) is 0 Å². The fourth-order valence-corrected chi connectivity index (χ4v) is 1.18. The maximum atomic E-state index is 10.6. The summed E-state index contributed by atoms with van der Waals surface area (Å²) in [5.41, 5.74) is 0.567. The van der Waals surface area contributed by atoms with Crippen molar-refractivity contribution < 1.29 is 4.92 Å². The summed E-state index contributed by atoms with van der Waals surface area (Å²) in [6, 6.07) is 1.62. The lowest BCUT2D eigenvalue weighted by atomic mass is 10.1. The second-order valence-corrected chi connectivity index (χ2v) is 3.76. The standard InChI is InChI=1S/C10H15N3O2/c1-8(2)3-6-12-9-4-5-11-7-10(9)13(14)15/h4-5,7-8H,3,6H2,1-2H3,(H,11,12). The molecule has 5 nitrogen and oxygen atoms in total. The Kier molecular flexibility index (Phi) is 4.03. The van der Waals surface area contributed by atoms with Crippen LogP contribution in [-0.2, 0) is 0 Å². The molecule has 0 saturated carbocycles. The summed E-state index contributed by atoms with van der Waals surface area (Å²) in [6.07, 6.45) is 3.79. The lowest BCUT2D eigenvalue weighted by Gasteiger charge is -2.07. The highest BCUT2D eigenvalue weighted by atomic mass is 16.6. The molecule has 0 aliphatic heterocycles. The molecule has 15 heavy (non-hydrogen) atoms. The lowest BCUT2D eigenvalue weighted by Crippen LogP contribution is -2.06. The van der Waals surface area contributed by atoms with Gasteiger partial charge in [-0.25, -0.2) is 0 Å². The highest BCUT2D eigenvalue weighted by molar-refractivity contribution is 5.59. The number of hydrogen-bond acceptors (Lipinski definition) is 4. The fourth-order valence-electron chi connectivity index (χ4n) is 1.18. The SMILES string of the molecule is CC(C)CCNc1ccncc1[N+](=O)[O-]. The second-order valence-electron chi connectivity index (χ2n) is 3.76. The molecule has 1 N–H and O–H groups in total. The van der Waals surface area contributed by atoms with Crippen LogP contribution < -0.4 is 5.32 Å². The van der Waals surface area contributed by atoms with Crippen LogP contribution in [0.4, 0.5) is 11.4 Å². The molecule has 0 amide bonds. The summed E-state index contributed by atoms with van der Waals surface area (Å²) >= 11 is 0. The Hall–Kier alpha value is -1.65. The topological polar surface area (TPSA) is 68.1 Å². The molecule has 0 aromatic carbocycles. The first kappa shape index (κ1) is 11.4. The third kappa shape index (κ3) is 3.53. The van der Waals surface area contributed by atoms with Crippen LogP contribution in [0.25, 0.3) is 0 Å². The third-order valence-corrected chi connectivity index (χ3v) is 2.03. The molecule has 0 spiro atoms. The van der Waals surface area contributed by atoms with Gasteiger partial charge in [-0.05, 0) is 18.4 Å². The van der Waals surface area contributed by atoms with Crippen molar-refractivity contribution in [3.63, 3.8) is 0 Å². The molecular formula is C10H15N3O2. The molecule has 0 aliphatic carbocycles. The van der Waals surface area contributed by atoms with E-state index in [9.17, 15) is 10.1 Å². The molecule has 1 heterocycles. The highest BCUT2D eigenvalue weighted by Gasteiger charge is 2.12. The van der Waals surface area contributed by atoms with E-state index in [0.717, 1.165) is 13.0 Å². The first-order valence-corrected chi connectivity index (χ1v) is 4.93. The van der Waals surface area contributed by atoms with Crippen molar-refractivity contribution in [2.24, 2.45) is 5.92 Å². The maximum absolute atomic E-state index is 10.6. The molecule has 0 aliphatic rings. The Labute approximate surface area is 88.7 Å². The van der Waals surface area contributed by atoms with Crippen LogP contribution in [0, 0.1) is 16.0 Å². The normalized spacial score (nSPS) is 10.3. The van der Waals surface area contributed by atoms with E-state index in [2.05, 4.69) is 24.1 Å². The highest BCUT2D eigenvalue weighted by Crippen LogP contribution is 2.21. The Morgan fingerprint density at radius 3 is 2.93 bits per heavy atom. The van der Waals surface area contributed by atoms with E-state index in [0.29, 0.717) is 11.6 Å². The molecule has 5 heteroatoms. The van der Waals surface area contributed by atoms with Gasteiger partial charge in [-0.1, -0.05) is 13.8 Å². The number of hydrogen-bond donors (Lipinski definition) is 1. The molecule has 0 bridgehead atoms. The Morgan fingerprint density at radius 1 is 1.60 bits per heavy atom. The molecule has 0 radical (unpaired) electrons. The fraction of sp³-hybridized carbons (Fsp3) is 0.500. The van der Waals surface area contributed by atoms with E-state index >= 15 is 0 Å². The van der Waals surface area contributed by atoms with Gasteiger partial charge in [0.25, 0.3) is 0 Å². The predicted octanol–water partition coefficient (Wildman–Crippen LogP) is 2.45. The first-order chi connectivity index (χ1) is 7.11. The molecule has 1 aromatic heterocycles. The maximum Gasteiger partial charge on any atom is 0.310 e. The molecule has 82 valence electrons. The second kappa shape index (κ2) is 5.29. The molecule has 0 saturated heterocycles. The minimum Gasteiger partial charge on any atom is -0.379 e. The Morgan fingerprint density at radius 2 is 2.33 bits per heavy atom. The van der Waals surface area contributed by atoms with E-state index in [1.165, 1.54) is 6.20 Å². The molecular weight excluding hydrogens is 194 g/mol. The van der Waals surface area contributed by atoms with Crippen LogP contribution >= 0.6 is 0 Å². The van der Waals surface area contributed by atoms with Gasteiger partial charge in [0.05, 0.1) is 4.92 Å². The van der Waals surface area contributed by atoms with Crippen molar-refractivity contribution in [3.05, 3.63) is 28.6 Å². The number of nitro groups is 1. The van der Waals surface area contributed by atoms with Gasteiger partial charge in [0, 0.05) is 12.7 Å². The molecule has 1 rings (SSSR count). The summed E-state index contributed by atoms with van der Waals surface area (Å²) in [6.45, 7) is 4.97. The number of pyridine rings is 1. The zero-order valence-corrected chi connectivity index (χ0v) is 8.93. The van der Waals surface area contributed by atoms with Crippen molar-refractivity contribution in [1.82, 2.24) is 4.98 Å². The van der Waals surface area contributed by atoms with Crippen molar-refractivity contribution in [1.29, 1.82) is 0 Å². The van der Waals surface area contributed by atoms with Crippen LogP contribution in [-0.4, -0.2) is 16.5 Å². The van der Waals surface area contributed by atoms with E-state index in [1.54, 1.807) is 12.3 Å². The smallest absolute Gasteiger partial charge is 0.310 e. The quantitative estimate of drug-likeness (QED) is 0.597. The largest absolute Gasteiger partial charge is 0.379 e. The van der Waals surface area contributed by atoms with Gasteiger partial charge in [-0.2, -0.15) is 0 Å². The van der Waals surface area contributed by atoms with Crippen molar-refractivity contribution in [2.45, 2.75) is 20.3 Å². The summed E-state index contributed by atoms with van der Waals surface area (Å²) in [7, 11) is 0. The Balaban J connectivity index is 2.63. The van der Waals surface area contributed by atoms with E-state index in [-0.39, 0.29) is 5.69 Å². The van der Waals surface area contributed by atoms with E-state index in [1.807, 2.05) is 0 Å². The predicted molar refractivity (Wildman–Crippen MR) is 58.8 cm³/mol. The van der Waals surface area contributed by atoms with Crippen molar-refractivity contribution >= 4 is 11.4 Å². The van der Waals surface area contributed by atoms with Gasteiger partial charge in [0.2, 0.25) is 0 Å². The van der Waals surface area contributed by atoms with Gasteiger partial charge in [0.15, 0.2) is 0 Å². The number of anilines is 1. The van der Waals surface area contributed by atoms with Gasteiger partial charge >= 0.3 is 5.69 Å². The number of nitrogens with one attached hydrogen (secondary N) is 1. The molecule has 0 unspecified atom stereocenters. The average Bonchev–Trinajstić information content (AvgIpc) is 2.17. The zero-order valence-electron chi connectivity index (χ0n) is 8.93. The van der Waals surface area contributed by atoms with Gasteiger partial charge in [0.1, 0.15) is 11.9 Å². The van der Waals surface area contributed by atoms with Gasteiger partial charge in [-0.15, -0.1) is 0 Å². The van der Waals surface area contributed by atoms with Crippen LogP contribution in [0.2, 0.25) is 0 Å². The lowest BCUT2D eigenvalue weighted by molar-refractivity contribution is -0.384. The Bertz CT molecular complexity index is 339. The van der Waals surface area contributed by atoms with Gasteiger partial charge < -0.3 is 5.32 Å². The number of rotatable bonds is 5. The minimum absolute atomic E-state index is 0.0289. The summed E-state index contributed by atoms with van der Waals surface area (Å²) in [5, 5.41) is 13.7. The summed E-state index contributed by atoms with van der Waals surface area (Å²) in [5.74, 6) is 0.582. The number of nitrogens with zero attached hydrogens (tertiary/aromatic N) is 2. The van der Waals surface area contributed by atoms with Gasteiger partial charge in [-0.3, -0.25) is 15.1 Å². The van der Waals surface area contributed by atoms with Crippen LogP contribution in [0.15, 0.2) is 18.5 Å². The summed E-state index contributed by atoms with van der Waals surface area (Å²) in [4.78, 5) is 13.9. The van der Waals surface area contributed by atoms with Crippen molar-refractivity contribution in [3.8, 4) is 0 Å². The first-order valence-electron chi connectivity index (χ1n) is 4.93. The van der Waals surface area contributed by atoms with Crippen LogP contribution in [0.3, 0.4) is 0 Å². The molecule has 0 fully saturated rings. The van der Waals surface area contributed by atoms with Crippen LogP contribution in [0.5, 0.6) is 0 Å².